The second kappa shape index (κ2) is 8.86. The van der Waals surface area contributed by atoms with E-state index >= 15 is 0 Å². The van der Waals surface area contributed by atoms with Crippen molar-refractivity contribution >= 4 is 19.8 Å². The van der Waals surface area contributed by atoms with E-state index in [1.165, 1.54) is 0 Å². The Hall–Kier alpha value is -2.55. The number of carboxylic acids is 1. The fourth-order valence-electron chi connectivity index (χ4n) is 3.13. The topological polar surface area (TPSA) is 145 Å². The van der Waals surface area contributed by atoms with Crippen LogP contribution in [0.5, 0.6) is 0 Å². The van der Waals surface area contributed by atoms with Crippen molar-refractivity contribution in [1.29, 1.82) is 0 Å². The molecule has 0 fully saturated rings. The fourth-order valence-corrected chi connectivity index (χ4v) is 3.83. The highest BCUT2D eigenvalue weighted by atomic mass is 31.2. The summed E-state index contributed by atoms with van der Waals surface area (Å²) in [6.45, 7) is -1.63. The molecule has 0 aromatic heterocycles. The number of aliphatic carboxylic acids is 1. The first-order chi connectivity index (χ1) is 13.8. The maximum absolute atomic E-state index is 12.2. The zero-order valence-corrected chi connectivity index (χ0v) is 16.2. The van der Waals surface area contributed by atoms with E-state index in [0.29, 0.717) is 0 Å². The third-order valence-electron chi connectivity index (χ3n) is 4.43. The van der Waals surface area contributed by atoms with Gasteiger partial charge in [-0.2, -0.15) is 0 Å². The van der Waals surface area contributed by atoms with Gasteiger partial charge in [-0.25, -0.2) is 9.36 Å². The molecule has 1 aliphatic carbocycles. The number of carboxylic acid groups (broad SMARTS) is 1. The highest BCUT2D eigenvalue weighted by molar-refractivity contribution is 7.47. The lowest BCUT2D eigenvalue weighted by Crippen LogP contribution is -2.37. The van der Waals surface area contributed by atoms with Crippen molar-refractivity contribution < 1.29 is 37.9 Å². The predicted octanol–water partition coefficient (Wildman–Crippen LogP) is 1.89. The smallest absolute Gasteiger partial charge is 0.472 e. The molecule has 0 saturated carbocycles. The van der Waals surface area contributed by atoms with Crippen molar-refractivity contribution in [2.24, 2.45) is 5.73 Å². The molecule has 0 radical (unpaired) electrons. The van der Waals surface area contributed by atoms with Crippen LogP contribution in [0, 0.1) is 0 Å². The number of hydrogen-bond acceptors (Lipinski definition) is 7. The monoisotopic (exact) mass is 421 g/mol. The summed E-state index contributed by atoms with van der Waals surface area (Å²) >= 11 is 0. The summed E-state index contributed by atoms with van der Waals surface area (Å²) in [6.07, 6.45) is 0. The minimum Gasteiger partial charge on any atom is -0.480 e. The van der Waals surface area contributed by atoms with E-state index in [4.69, 9.17) is 15.6 Å². The molecule has 1 aliphatic rings. The second-order valence-electron chi connectivity index (χ2n) is 6.40. The Labute approximate surface area is 166 Å². The predicted molar refractivity (Wildman–Crippen MR) is 102 cm³/mol. The third kappa shape index (κ3) is 5.09. The number of carbonyl (C=O) groups is 2. The molecule has 2 aromatic rings. The molecule has 2 unspecified atom stereocenters. The van der Waals surface area contributed by atoms with Gasteiger partial charge < -0.3 is 20.5 Å². The molecule has 154 valence electrons. The molecule has 0 saturated heterocycles. The van der Waals surface area contributed by atoms with Crippen molar-refractivity contribution in [3.05, 3.63) is 59.7 Å². The maximum Gasteiger partial charge on any atom is 0.472 e. The number of hydrogen-bond donors (Lipinski definition) is 3. The van der Waals surface area contributed by atoms with E-state index in [1.807, 2.05) is 48.5 Å². The molecular weight excluding hydrogens is 401 g/mol. The van der Waals surface area contributed by atoms with Crippen LogP contribution in [0.1, 0.15) is 17.0 Å². The molecule has 2 atom stereocenters. The lowest BCUT2D eigenvalue weighted by molar-refractivity contribution is -0.146. The van der Waals surface area contributed by atoms with Crippen LogP contribution in [0.4, 0.5) is 0 Å². The number of phosphoric acid groups is 1. The van der Waals surface area contributed by atoms with E-state index in [0.717, 1.165) is 22.3 Å². The van der Waals surface area contributed by atoms with Gasteiger partial charge in [0, 0.05) is 5.92 Å². The third-order valence-corrected chi connectivity index (χ3v) is 5.36. The van der Waals surface area contributed by atoms with Crippen molar-refractivity contribution in [3.63, 3.8) is 0 Å². The Balaban J connectivity index is 1.58. The Morgan fingerprint density at radius 3 is 2.14 bits per heavy atom. The first-order valence-electron chi connectivity index (χ1n) is 8.72. The molecular formula is C19H20NO8P. The van der Waals surface area contributed by atoms with Gasteiger partial charge in [-0.05, 0) is 22.3 Å². The van der Waals surface area contributed by atoms with E-state index < -0.39 is 39.0 Å². The Morgan fingerprint density at radius 1 is 1.03 bits per heavy atom. The average Bonchev–Trinajstić information content (AvgIpc) is 3.03. The summed E-state index contributed by atoms with van der Waals surface area (Å²) in [5, 5.41) is 8.44. The van der Waals surface area contributed by atoms with Crippen molar-refractivity contribution in [2.75, 3.05) is 19.8 Å². The zero-order chi connectivity index (χ0) is 21.0. The van der Waals surface area contributed by atoms with E-state index in [9.17, 15) is 19.0 Å². The van der Waals surface area contributed by atoms with Gasteiger partial charge in [-0.1, -0.05) is 48.5 Å². The van der Waals surface area contributed by atoms with Crippen LogP contribution in [-0.4, -0.2) is 47.8 Å². The Bertz CT molecular complexity index is 917. The quantitative estimate of drug-likeness (QED) is 0.408. The summed E-state index contributed by atoms with van der Waals surface area (Å²) in [7, 11) is -4.64. The Morgan fingerprint density at radius 2 is 1.59 bits per heavy atom. The van der Waals surface area contributed by atoms with Gasteiger partial charge in [0.1, 0.15) is 12.6 Å². The first kappa shape index (κ1) is 21.2. The van der Waals surface area contributed by atoms with Crippen LogP contribution in [0.3, 0.4) is 0 Å². The number of nitrogens with two attached hydrogens (primary N) is 1. The van der Waals surface area contributed by atoms with Gasteiger partial charge in [0.05, 0.1) is 6.61 Å². The summed E-state index contributed by atoms with van der Waals surface area (Å²) in [6, 6.07) is 14.3. The second-order valence-corrected chi connectivity index (χ2v) is 7.85. The fraction of sp³-hybridized carbons (Fsp3) is 0.263. The first-order valence-corrected chi connectivity index (χ1v) is 10.2. The van der Waals surface area contributed by atoms with Crippen molar-refractivity contribution in [2.45, 2.75) is 12.0 Å². The molecule has 0 aliphatic heterocycles. The van der Waals surface area contributed by atoms with Gasteiger partial charge in [0.25, 0.3) is 0 Å². The number of rotatable bonds is 9. The standard InChI is InChI=1S/C19H20NO8P/c20-17(10-27-29(24,25)28-11-18(21)22)19(23)26-9-16-14-7-3-1-5-12(14)13-6-2-4-8-15(13)16/h1-8,16-17H,9-11,20H2,(H,21,22)(H,24,25). The van der Waals surface area contributed by atoms with E-state index in [2.05, 4.69) is 9.05 Å². The van der Waals surface area contributed by atoms with E-state index in [1.54, 1.807) is 0 Å². The van der Waals surface area contributed by atoms with Gasteiger partial charge in [-0.3, -0.25) is 13.8 Å². The summed E-state index contributed by atoms with van der Waals surface area (Å²) in [5.41, 5.74) is 9.88. The molecule has 10 heteroatoms. The minimum absolute atomic E-state index is 0.0485. The van der Waals surface area contributed by atoms with Crippen LogP contribution in [0.25, 0.3) is 11.1 Å². The average molecular weight is 421 g/mol. The molecule has 29 heavy (non-hydrogen) atoms. The molecule has 0 heterocycles. The van der Waals surface area contributed by atoms with Crippen LogP contribution < -0.4 is 5.73 Å². The van der Waals surface area contributed by atoms with Gasteiger partial charge >= 0.3 is 19.8 Å². The highest BCUT2D eigenvalue weighted by Gasteiger charge is 2.30. The Kier molecular flexibility index (Phi) is 6.46. The molecule has 4 N–H and O–H groups in total. The summed E-state index contributed by atoms with van der Waals surface area (Å²) in [5.74, 6) is -2.41. The lowest BCUT2D eigenvalue weighted by Gasteiger charge is -2.17. The zero-order valence-electron chi connectivity index (χ0n) is 15.3. The van der Waals surface area contributed by atoms with Crippen LogP contribution in [0.2, 0.25) is 0 Å². The number of carbonyl (C=O) groups excluding carboxylic acids is 1. The lowest BCUT2D eigenvalue weighted by atomic mass is 9.98. The molecule has 0 bridgehead atoms. The normalized spacial score (nSPS) is 15.8. The molecule has 2 aromatic carbocycles. The number of esters is 1. The molecule has 9 nitrogen and oxygen atoms in total. The van der Waals surface area contributed by atoms with Gasteiger partial charge in [0.2, 0.25) is 0 Å². The van der Waals surface area contributed by atoms with Crippen LogP contribution in [0.15, 0.2) is 48.5 Å². The van der Waals surface area contributed by atoms with E-state index in [-0.39, 0.29) is 12.5 Å². The van der Waals surface area contributed by atoms with Crippen molar-refractivity contribution in [1.82, 2.24) is 0 Å². The number of phosphoric ester groups is 1. The largest absolute Gasteiger partial charge is 0.480 e. The molecule has 3 rings (SSSR count). The molecule has 0 spiro atoms. The van der Waals surface area contributed by atoms with Gasteiger partial charge in [0.15, 0.2) is 6.61 Å². The van der Waals surface area contributed by atoms with Crippen molar-refractivity contribution in [3.8, 4) is 11.1 Å². The summed E-state index contributed by atoms with van der Waals surface area (Å²) in [4.78, 5) is 31.9. The number of ether oxygens (including phenoxy) is 1. The highest BCUT2D eigenvalue weighted by Crippen LogP contribution is 2.45. The SMILES string of the molecule is NC(COP(=O)(O)OCC(=O)O)C(=O)OCC1c2ccccc2-c2ccccc21. The summed E-state index contributed by atoms with van der Waals surface area (Å²) < 4.78 is 25.6. The van der Waals surface area contributed by atoms with Crippen LogP contribution in [-0.2, 0) is 27.9 Å². The number of fused-ring (bicyclic) bond motifs is 3. The van der Waals surface area contributed by atoms with Crippen LogP contribution >= 0.6 is 7.82 Å². The minimum atomic E-state index is -4.64. The van der Waals surface area contributed by atoms with Gasteiger partial charge in [-0.15, -0.1) is 0 Å². The molecule has 0 amide bonds. The maximum atomic E-state index is 12.2. The number of benzene rings is 2.